The third kappa shape index (κ3) is 6.70. The van der Waals surface area contributed by atoms with Crippen LogP contribution in [-0.2, 0) is 14.3 Å². The molecule has 19 heavy (non-hydrogen) atoms. The van der Waals surface area contributed by atoms with Gasteiger partial charge in [0.15, 0.2) is 5.78 Å². The fourth-order valence-electron chi connectivity index (χ4n) is 1.61. The normalized spacial score (nSPS) is 12.5. The number of hydrogen-bond acceptors (Lipinski definition) is 3. The molecule has 0 radical (unpaired) electrons. The molecule has 0 aliphatic heterocycles. The van der Waals surface area contributed by atoms with Crippen molar-refractivity contribution in [2.24, 2.45) is 0 Å². The average Bonchev–Trinajstić information content (AvgIpc) is 2.44. The lowest BCUT2D eigenvalue weighted by Crippen LogP contribution is -2.17. The highest BCUT2D eigenvalue weighted by molar-refractivity contribution is 5.93. The number of benzene rings is 1. The van der Waals surface area contributed by atoms with Crippen molar-refractivity contribution >= 4 is 11.9 Å². The lowest BCUT2D eigenvalue weighted by Gasteiger charge is -2.13. The van der Waals surface area contributed by atoms with Crippen molar-refractivity contribution in [3.8, 4) is 0 Å². The molecule has 1 aromatic rings. The SMILES string of the molecule is C=CC[C@@H](CC(=O)/C=C/c1ccccc1)OCOC. The van der Waals surface area contributed by atoms with Gasteiger partial charge in [0.25, 0.3) is 0 Å². The predicted octanol–water partition coefficient (Wildman–Crippen LogP) is 3.22. The topological polar surface area (TPSA) is 35.5 Å². The van der Waals surface area contributed by atoms with Gasteiger partial charge in [0.1, 0.15) is 6.79 Å². The first-order valence-corrected chi connectivity index (χ1v) is 6.23. The van der Waals surface area contributed by atoms with Crippen molar-refractivity contribution in [3.63, 3.8) is 0 Å². The molecule has 3 heteroatoms. The first-order chi connectivity index (χ1) is 9.26. The predicted molar refractivity (Wildman–Crippen MR) is 76.7 cm³/mol. The molecule has 1 aromatic carbocycles. The highest BCUT2D eigenvalue weighted by atomic mass is 16.7. The van der Waals surface area contributed by atoms with Crippen LogP contribution in [0.3, 0.4) is 0 Å². The summed E-state index contributed by atoms with van der Waals surface area (Å²) in [4.78, 5) is 11.8. The molecule has 0 saturated carbocycles. The van der Waals surface area contributed by atoms with E-state index < -0.39 is 0 Å². The summed E-state index contributed by atoms with van der Waals surface area (Å²) in [5, 5.41) is 0. The second-order valence-electron chi connectivity index (χ2n) is 4.13. The van der Waals surface area contributed by atoms with E-state index in [4.69, 9.17) is 9.47 Å². The van der Waals surface area contributed by atoms with E-state index in [0.29, 0.717) is 12.8 Å². The molecule has 0 fully saturated rings. The van der Waals surface area contributed by atoms with Gasteiger partial charge in [-0.05, 0) is 18.1 Å². The summed E-state index contributed by atoms with van der Waals surface area (Å²) in [5.41, 5.74) is 1.01. The zero-order valence-electron chi connectivity index (χ0n) is 11.2. The van der Waals surface area contributed by atoms with E-state index in [1.165, 1.54) is 0 Å². The minimum absolute atomic E-state index is 0.0341. The molecule has 0 bridgehead atoms. The zero-order chi connectivity index (χ0) is 13.9. The molecule has 0 aliphatic rings. The second-order valence-corrected chi connectivity index (χ2v) is 4.13. The van der Waals surface area contributed by atoms with E-state index >= 15 is 0 Å². The Bertz CT molecular complexity index is 409. The quantitative estimate of drug-likeness (QED) is 0.388. The Morgan fingerprint density at radius 3 is 2.74 bits per heavy atom. The highest BCUT2D eigenvalue weighted by Crippen LogP contribution is 2.08. The second kappa shape index (κ2) is 9.25. The monoisotopic (exact) mass is 260 g/mol. The Kier molecular flexibility index (Phi) is 7.47. The van der Waals surface area contributed by atoms with Crippen LogP contribution in [0, 0.1) is 0 Å². The first kappa shape index (κ1) is 15.3. The summed E-state index contributed by atoms with van der Waals surface area (Å²) >= 11 is 0. The molecule has 0 heterocycles. The van der Waals surface area contributed by atoms with E-state index in [0.717, 1.165) is 5.56 Å². The molecule has 0 aliphatic carbocycles. The number of allylic oxidation sites excluding steroid dienone is 1. The lowest BCUT2D eigenvalue weighted by molar-refractivity contribution is -0.121. The van der Waals surface area contributed by atoms with Gasteiger partial charge in [-0.1, -0.05) is 42.5 Å². The molecule has 1 atom stereocenters. The molecule has 0 N–H and O–H groups in total. The van der Waals surface area contributed by atoms with Crippen LogP contribution in [0.25, 0.3) is 6.08 Å². The van der Waals surface area contributed by atoms with Crippen LogP contribution in [0.1, 0.15) is 18.4 Å². The number of carbonyl (C=O) groups excluding carboxylic acids is 1. The number of rotatable bonds is 9. The summed E-state index contributed by atoms with van der Waals surface area (Å²) in [6.45, 7) is 3.85. The fraction of sp³-hybridized carbons (Fsp3) is 0.312. The summed E-state index contributed by atoms with van der Waals surface area (Å²) < 4.78 is 10.2. The molecule has 3 nitrogen and oxygen atoms in total. The summed E-state index contributed by atoms with van der Waals surface area (Å²) in [6.07, 6.45) is 5.93. The van der Waals surface area contributed by atoms with E-state index in [-0.39, 0.29) is 18.7 Å². The Hall–Kier alpha value is -1.71. The third-order valence-corrected chi connectivity index (χ3v) is 2.54. The van der Waals surface area contributed by atoms with Crippen LogP contribution in [0.2, 0.25) is 0 Å². The van der Waals surface area contributed by atoms with E-state index in [1.54, 1.807) is 19.3 Å². The number of ketones is 1. The molecule has 0 saturated heterocycles. The van der Waals surface area contributed by atoms with Crippen molar-refractivity contribution in [1.29, 1.82) is 0 Å². The van der Waals surface area contributed by atoms with Gasteiger partial charge < -0.3 is 9.47 Å². The molecular weight excluding hydrogens is 240 g/mol. The molecule has 0 amide bonds. The fourth-order valence-corrected chi connectivity index (χ4v) is 1.61. The average molecular weight is 260 g/mol. The Morgan fingerprint density at radius 2 is 2.11 bits per heavy atom. The molecule has 0 spiro atoms. The van der Waals surface area contributed by atoms with Crippen LogP contribution < -0.4 is 0 Å². The smallest absolute Gasteiger partial charge is 0.158 e. The van der Waals surface area contributed by atoms with Crippen molar-refractivity contribution < 1.29 is 14.3 Å². The minimum atomic E-state index is -0.176. The van der Waals surface area contributed by atoms with Gasteiger partial charge in [0.05, 0.1) is 6.10 Å². The third-order valence-electron chi connectivity index (χ3n) is 2.54. The number of ether oxygens (including phenoxy) is 2. The van der Waals surface area contributed by atoms with Crippen molar-refractivity contribution in [1.82, 2.24) is 0 Å². The van der Waals surface area contributed by atoms with Crippen molar-refractivity contribution in [2.45, 2.75) is 18.9 Å². The summed E-state index contributed by atoms with van der Waals surface area (Å²) in [7, 11) is 1.56. The molecule has 0 unspecified atom stereocenters. The van der Waals surface area contributed by atoms with Crippen molar-refractivity contribution in [2.75, 3.05) is 13.9 Å². The van der Waals surface area contributed by atoms with Gasteiger partial charge in [0, 0.05) is 13.5 Å². The standard InChI is InChI=1S/C16H20O3/c1-3-7-16(19-13-18-2)12-15(17)11-10-14-8-5-4-6-9-14/h3-6,8-11,16H,1,7,12-13H2,2H3/b11-10+/t16-/m0/s1. The maximum absolute atomic E-state index is 11.8. The van der Waals surface area contributed by atoms with Crippen LogP contribution >= 0.6 is 0 Å². The Labute approximate surface area is 114 Å². The maximum atomic E-state index is 11.8. The lowest BCUT2D eigenvalue weighted by atomic mass is 10.1. The van der Waals surface area contributed by atoms with Gasteiger partial charge in [-0.2, -0.15) is 0 Å². The first-order valence-electron chi connectivity index (χ1n) is 6.23. The van der Waals surface area contributed by atoms with Gasteiger partial charge in [0.2, 0.25) is 0 Å². The van der Waals surface area contributed by atoms with Crippen molar-refractivity contribution in [3.05, 3.63) is 54.6 Å². The van der Waals surface area contributed by atoms with Gasteiger partial charge in [-0.15, -0.1) is 6.58 Å². The van der Waals surface area contributed by atoms with Gasteiger partial charge in [-0.25, -0.2) is 0 Å². The zero-order valence-corrected chi connectivity index (χ0v) is 11.2. The van der Waals surface area contributed by atoms with E-state index in [9.17, 15) is 4.79 Å². The minimum Gasteiger partial charge on any atom is -0.359 e. The van der Waals surface area contributed by atoms with Crippen LogP contribution in [0.4, 0.5) is 0 Å². The van der Waals surface area contributed by atoms with Crippen LogP contribution in [0.5, 0.6) is 0 Å². The number of carbonyl (C=O) groups is 1. The molecule has 1 rings (SSSR count). The Balaban J connectivity index is 2.47. The highest BCUT2D eigenvalue weighted by Gasteiger charge is 2.11. The van der Waals surface area contributed by atoms with Gasteiger partial charge in [-0.3, -0.25) is 4.79 Å². The maximum Gasteiger partial charge on any atom is 0.158 e. The van der Waals surface area contributed by atoms with Crippen LogP contribution in [0.15, 0.2) is 49.1 Å². The molecule has 102 valence electrons. The van der Waals surface area contributed by atoms with E-state index in [1.807, 2.05) is 36.4 Å². The molecule has 0 aromatic heterocycles. The summed E-state index contributed by atoms with van der Waals surface area (Å²) in [6, 6.07) is 9.72. The number of methoxy groups -OCH3 is 1. The largest absolute Gasteiger partial charge is 0.359 e. The Morgan fingerprint density at radius 1 is 1.37 bits per heavy atom. The van der Waals surface area contributed by atoms with Crippen LogP contribution in [-0.4, -0.2) is 25.8 Å². The van der Waals surface area contributed by atoms with E-state index in [2.05, 4.69) is 6.58 Å². The van der Waals surface area contributed by atoms with Gasteiger partial charge >= 0.3 is 0 Å². The molecular formula is C16H20O3. The summed E-state index contributed by atoms with van der Waals surface area (Å²) in [5.74, 6) is 0.0341. The number of hydrogen-bond donors (Lipinski definition) is 0.